The summed E-state index contributed by atoms with van der Waals surface area (Å²) in [6.07, 6.45) is 4.31. The number of nitroso groups, excluding NO2 is 1. The molecule has 4 rings (SSSR count). The van der Waals surface area contributed by atoms with Crippen LogP contribution in [0.3, 0.4) is 0 Å². The van der Waals surface area contributed by atoms with Crippen molar-refractivity contribution in [2.24, 2.45) is 15.0 Å². The molecular formula is C27H19N6O6+. The van der Waals surface area contributed by atoms with Crippen molar-refractivity contribution in [3.8, 4) is 0 Å². The molecule has 39 heavy (non-hydrogen) atoms. The zero-order valence-corrected chi connectivity index (χ0v) is 20.9. The van der Waals surface area contributed by atoms with Crippen LogP contribution in [0.4, 0.5) is 28.4 Å². The molecule has 0 unspecified atom stereocenters. The molecule has 1 heterocycles. The Balaban J connectivity index is 1.96. The van der Waals surface area contributed by atoms with Crippen LogP contribution in [0, 0.1) is 25.7 Å². The van der Waals surface area contributed by atoms with Crippen molar-refractivity contribution in [3.05, 3.63) is 81.8 Å². The Morgan fingerprint density at radius 3 is 1.44 bits per heavy atom. The summed E-state index contributed by atoms with van der Waals surface area (Å²) in [5.41, 5.74) is 2.51. The number of rotatable bonds is 6. The number of carbonyl (C=O) groups excluding carboxylic acids is 5. The minimum atomic E-state index is -1.53. The first-order valence-corrected chi connectivity index (χ1v) is 11.4. The molecule has 0 N–H and O–H groups in total. The Hall–Kier alpha value is -5.66. The summed E-state index contributed by atoms with van der Waals surface area (Å²) in [7, 11) is 0. The second-order valence-corrected chi connectivity index (χ2v) is 8.58. The molecule has 0 aromatic heterocycles. The van der Waals surface area contributed by atoms with E-state index < -0.39 is 17.7 Å². The second-order valence-electron chi connectivity index (χ2n) is 8.58. The smallest absolute Gasteiger partial charge is 0.267 e. The van der Waals surface area contributed by atoms with Gasteiger partial charge in [0.1, 0.15) is 11.4 Å². The first-order valence-electron chi connectivity index (χ1n) is 11.4. The minimum absolute atomic E-state index is 0.0218. The average Bonchev–Trinajstić information content (AvgIpc) is 2.90. The number of hydrazine groups is 2. The van der Waals surface area contributed by atoms with Crippen molar-refractivity contribution in [1.82, 2.24) is 0 Å². The molecule has 0 aliphatic carbocycles. The molecule has 3 aromatic carbocycles. The molecule has 0 atom stereocenters. The maximum atomic E-state index is 13.8. The van der Waals surface area contributed by atoms with Gasteiger partial charge in [0.25, 0.3) is 4.98 Å². The topological polar surface area (TPSA) is 149 Å². The Labute approximate surface area is 221 Å². The fourth-order valence-electron chi connectivity index (χ4n) is 4.12. The SMILES string of the molecule is Cc1ccc(C2C(=O)N(c3ccc(C)c(N=C=O)c3)[N+](=O)N(c3ccc(C)c(N=C=O)c3)C2=O)cc1N=C=O. The lowest BCUT2D eigenvalue weighted by Gasteiger charge is -2.29. The Kier molecular flexibility index (Phi) is 7.28. The molecule has 1 fully saturated rings. The highest BCUT2D eigenvalue weighted by atomic mass is 16.4. The fourth-order valence-corrected chi connectivity index (χ4v) is 4.12. The summed E-state index contributed by atoms with van der Waals surface area (Å²) in [5.74, 6) is -3.34. The summed E-state index contributed by atoms with van der Waals surface area (Å²) >= 11 is 0. The molecule has 0 saturated carbocycles. The maximum absolute atomic E-state index is 13.8. The third-order valence-corrected chi connectivity index (χ3v) is 6.19. The van der Waals surface area contributed by atoms with Gasteiger partial charge in [-0.15, -0.1) is 0 Å². The van der Waals surface area contributed by atoms with Gasteiger partial charge in [0.2, 0.25) is 18.2 Å². The van der Waals surface area contributed by atoms with Gasteiger partial charge in [0, 0.05) is 0 Å². The monoisotopic (exact) mass is 523 g/mol. The number of nitrogens with zero attached hydrogens (tertiary/aromatic N) is 6. The number of anilines is 2. The van der Waals surface area contributed by atoms with Crippen LogP contribution in [-0.4, -0.2) is 35.0 Å². The summed E-state index contributed by atoms with van der Waals surface area (Å²) in [6.45, 7) is 5.04. The molecule has 0 spiro atoms. The van der Waals surface area contributed by atoms with E-state index in [-0.39, 0.29) is 39.0 Å². The summed E-state index contributed by atoms with van der Waals surface area (Å²) in [5, 5.41) is 1.45. The average molecular weight is 523 g/mol. The quantitative estimate of drug-likeness (QED) is 0.204. The molecule has 0 bridgehead atoms. The van der Waals surface area contributed by atoms with Gasteiger partial charge in [-0.3, -0.25) is 9.59 Å². The van der Waals surface area contributed by atoms with Gasteiger partial charge in [0.15, 0.2) is 5.92 Å². The molecular weight excluding hydrogens is 504 g/mol. The highest BCUT2D eigenvalue weighted by molar-refractivity contribution is 6.17. The predicted molar refractivity (Wildman–Crippen MR) is 138 cm³/mol. The van der Waals surface area contributed by atoms with Crippen LogP contribution in [0.2, 0.25) is 0 Å². The summed E-state index contributed by atoms with van der Waals surface area (Å²) < 4.78 is 0. The molecule has 2 amide bonds. The van der Waals surface area contributed by atoms with E-state index in [1.165, 1.54) is 54.6 Å². The molecule has 3 aromatic rings. The van der Waals surface area contributed by atoms with Crippen molar-refractivity contribution >= 4 is 58.5 Å². The van der Waals surface area contributed by atoms with Crippen LogP contribution >= 0.6 is 0 Å². The first-order chi connectivity index (χ1) is 18.7. The highest BCUT2D eigenvalue weighted by Crippen LogP contribution is 2.37. The van der Waals surface area contributed by atoms with E-state index in [0.717, 1.165) is 10.0 Å². The number of aryl methyl sites for hydroxylation is 3. The van der Waals surface area contributed by atoms with E-state index in [1.54, 1.807) is 39.0 Å². The van der Waals surface area contributed by atoms with Crippen LogP contribution in [0.15, 0.2) is 69.6 Å². The Morgan fingerprint density at radius 1 is 0.641 bits per heavy atom. The van der Waals surface area contributed by atoms with Crippen LogP contribution in [-0.2, 0) is 24.0 Å². The van der Waals surface area contributed by atoms with Crippen LogP contribution in [0.25, 0.3) is 0 Å². The van der Waals surface area contributed by atoms with Crippen molar-refractivity contribution in [2.75, 3.05) is 10.0 Å². The minimum Gasteiger partial charge on any atom is -0.267 e. The van der Waals surface area contributed by atoms with Gasteiger partial charge in [0.05, 0.1) is 22.0 Å². The zero-order chi connectivity index (χ0) is 28.3. The number of isocyanates is 3. The van der Waals surface area contributed by atoms with E-state index in [0.29, 0.717) is 16.7 Å². The van der Waals surface area contributed by atoms with Crippen molar-refractivity contribution in [3.63, 3.8) is 0 Å². The van der Waals surface area contributed by atoms with Crippen LogP contribution in [0.5, 0.6) is 0 Å². The number of carbonyl (C=O) groups is 2. The second kappa shape index (κ2) is 10.8. The maximum Gasteiger partial charge on any atom is 0.308 e. The largest absolute Gasteiger partial charge is 0.308 e. The fraction of sp³-hybridized carbons (Fsp3) is 0.148. The molecule has 1 aliphatic heterocycles. The molecule has 192 valence electrons. The predicted octanol–water partition coefficient (Wildman–Crippen LogP) is 4.29. The standard InChI is InChI=1S/C27H19N6O6/c1-16-4-7-19(10-22(16)28-13-34)25-26(37)31(20-8-5-17(2)23(11-20)29-14-35)33(39)32(27(25)38)21-9-6-18(3)24(12-21)30-15-36/h4-12,25H,1-3H3/q+1. The van der Waals surface area contributed by atoms with Gasteiger partial charge in [-0.2, -0.15) is 15.0 Å². The van der Waals surface area contributed by atoms with E-state index in [4.69, 9.17) is 0 Å². The van der Waals surface area contributed by atoms with Gasteiger partial charge >= 0.3 is 11.8 Å². The van der Waals surface area contributed by atoms with Gasteiger partial charge < -0.3 is 0 Å². The normalized spacial score (nSPS) is 14.8. The molecule has 12 nitrogen and oxygen atoms in total. The lowest BCUT2D eigenvalue weighted by Crippen LogP contribution is -2.61. The van der Waals surface area contributed by atoms with Crippen molar-refractivity contribution < 1.29 is 29.0 Å². The van der Waals surface area contributed by atoms with E-state index in [1.807, 2.05) is 0 Å². The third kappa shape index (κ3) is 4.85. The van der Waals surface area contributed by atoms with E-state index in [9.17, 15) is 28.9 Å². The number of benzene rings is 3. The Morgan fingerprint density at radius 2 is 1.03 bits per heavy atom. The number of hydrogen-bond acceptors (Lipinski definition) is 9. The van der Waals surface area contributed by atoms with Crippen LogP contribution in [0.1, 0.15) is 28.2 Å². The molecule has 1 saturated heterocycles. The van der Waals surface area contributed by atoms with Gasteiger partial charge in [-0.25, -0.2) is 14.4 Å². The van der Waals surface area contributed by atoms with Gasteiger partial charge in [-0.1, -0.05) is 24.3 Å². The molecule has 1 aliphatic rings. The number of amides is 2. The van der Waals surface area contributed by atoms with E-state index >= 15 is 0 Å². The third-order valence-electron chi connectivity index (χ3n) is 6.19. The Bertz CT molecular complexity index is 1480. The van der Waals surface area contributed by atoms with Gasteiger partial charge in [-0.05, 0) is 83.4 Å². The number of aliphatic imine (C=N–C) groups is 3. The van der Waals surface area contributed by atoms with Crippen LogP contribution < -0.4 is 10.0 Å². The molecule has 12 heteroatoms. The first kappa shape index (κ1) is 26.4. The lowest BCUT2D eigenvalue weighted by atomic mass is 9.93. The van der Waals surface area contributed by atoms with Crippen molar-refractivity contribution in [2.45, 2.75) is 26.7 Å². The molecule has 0 radical (unpaired) electrons. The zero-order valence-electron chi connectivity index (χ0n) is 20.9. The summed E-state index contributed by atoms with van der Waals surface area (Å²) in [4.78, 5) is 85.0. The van der Waals surface area contributed by atoms with E-state index in [2.05, 4.69) is 15.0 Å². The van der Waals surface area contributed by atoms with Crippen molar-refractivity contribution in [1.29, 1.82) is 0 Å². The number of hydrogen-bond donors (Lipinski definition) is 0. The summed E-state index contributed by atoms with van der Waals surface area (Å²) in [6, 6.07) is 13.2. The highest BCUT2D eigenvalue weighted by Gasteiger charge is 2.55. The lowest BCUT2D eigenvalue weighted by molar-refractivity contribution is -0.558.